The summed E-state index contributed by atoms with van der Waals surface area (Å²) in [6.45, 7) is 6.90. The maximum atomic E-state index is 12.5. The van der Waals surface area contributed by atoms with Crippen LogP contribution in [0.1, 0.15) is 54.1 Å². The summed E-state index contributed by atoms with van der Waals surface area (Å²) in [6, 6.07) is 11.3. The molecule has 1 amide bonds. The number of rotatable bonds is 8. The molecule has 150 valence electrons. The third kappa shape index (κ3) is 7.24. The van der Waals surface area contributed by atoms with Crippen molar-refractivity contribution in [3.05, 3.63) is 57.6 Å². The Kier molecular flexibility index (Phi) is 8.93. The van der Waals surface area contributed by atoms with E-state index in [4.69, 9.17) is 17.0 Å². The van der Waals surface area contributed by atoms with Crippen LogP contribution in [0.4, 0.5) is 5.69 Å². The standard InChI is InChI=1S/C22H27BrN2O2S/c1-4-5-6-7-10-27-20-9-8-17(14-19(20)23)21(26)25-22(28)24-18-12-15(2)11-16(3)13-18/h8-9,11-14H,4-7,10H2,1-3H3,(H2,24,25,26,28). The van der Waals surface area contributed by atoms with Crippen LogP contribution in [0, 0.1) is 13.8 Å². The molecule has 0 aliphatic carbocycles. The summed E-state index contributed by atoms with van der Waals surface area (Å²) < 4.78 is 6.54. The zero-order valence-corrected chi connectivity index (χ0v) is 19.0. The average Bonchev–Trinajstić information content (AvgIpc) is 2.61. The Bertz CT molecular complexity index is 819. The van der Waals surface area contributed by atoms with Gasteiger partial charge in [-0.2, -0.15) is 0 Å². The number of aryl methyl sites for hydroxylation is 2. The van der Waals surface area contributed by atoms with Crippen LogP contribution in [0.2, 0.25) is 0 Å². The van der Waals surface area contributed by atoms with Crippen molar-refractivity contribution in [1.82, 2.24) is 5.32 Å². The number of amides is 1. The van der Waals surface area contributed by atoms with Crippen molar-refractivity contribution in [3.63, 3.8) is 0 Å². The molecule has 0 fully saturated rings. The van der Waals surface area contributed by atoms with Crippen LogP contribution in [-0.4, -0.2) is 17.6 Å². The first-order valence-corrected chi connectivity index (χ1v) is 10.7. The van der Waals surface area contributed by atoms with Gasteiger partial charge in [0.05, 0.1) is 11.1 Å². The number of thiocarbonyl (C=S) groups is 1. The first-order valence-electron chi connectivity index (χ1n) is 9.52. The fourth-order valence-corrected chi connectivity index (χ4v) is 3.56. The summed E-state index contributed by atoms with van der Waals surface area (Å²) in [5.74, 6) is 0.473. The minimum absolute atomic E-state index is 0.266. The number of hydrogen-bond acceptors (Lipinski definition) is 3. The predicted molar refractivity (Wildman–Crippen MR) is 123 cm³/mol. The molecule has 0 spiro atoms. The lowest BCUT2D eigenvalue weighted by Crippen LogP contribution is -2.34. The number of halogens is 1. The molecule has 2 N–H and O–H groups in total. The number of ether oxygens (including phenoxy) is 1. The minimum atomic E-state index is -0.267. The molecule has 0 saturated carbocycles. The third-order valence-corrected chi connectivity index (χ3v) is 4.98. The molecule has 0 bridgehead atoms. The van der Waals surface area contributed by atoms with Crippen molar-refractivity contribution in [2.45, 2.75) is 46.5 Å². The van der Waals surface area contributed by atoms with Gasteiger partial charge >= 0.3 is 0 Å². The zero-order chi connectivity index (χ0) is 20.5. The lowest BCUT2D eigenvalue weighted by molar-refractivity contribution is 0.0977. The van der Waals surface area contributed by atoms with Crippen LogP contribution in [0.5, 0.6) is 5.75 Å². The van der Waals surface area contributed by atoms with E-state index in [-0.39, 0.29) is 11.0 Å². The van der Waals surface area contributed by atoms with Gasteiger partial charge in [0.15, 0.2) is 5.11 Å². The van der Waals surface area contributed by atoms with Gasteiger partial charge in [-0.1, -0.05) is 32.3 Å². The van der Waals surface area contributed by atoms with Crippen LogP contribution in [-0.2, 0) is 0 Å². The van der Waals surface area contributed by atoms with E-state index < -0.39 is 0 Å². The molecule has 0 radical (unpaired) electrons. The number of carbonyl (C=O) groups excluding carboxylic acids is 1. The van der Waals surface area contributed by atoms with Crippen LogP contribution >= 0.6 is 28.1 Å². The van der Waals surface area contributed by atoms with Crippen LogP contribution in [0.3, 0.4) is 0 Å². The van der Waals surface area contributed by atoms with Gasteiger partial charge in [0.2, 0.25) is 0 Å². The van der Waals surface area contributed by atoms with Gasteiger partial charge < -0.3 is 10.1 Å². The Labute approximate surface area is 181 Å². The smallest absolute Gasteiger partial charge is 0.257 e. The van der Waals surface area contributed by atoms with Gasteiger partial charge in [-0.15, -0.1) is 0 Å². The molecule has 2 rings (SSSR count). The van der Waals surface area contributed by atoms with E-state index in [1.807, 2.05) is 26.0 Å². The summed E-state index contributed by atoms with van der Waals surface area (Å²) in [6.07, 6.45) is 4.62. The molecule has 0 aliphatic rings. The molecule has 0 saturated heterocycles. The molecule has 2 aromatic carbocycles. The molecule has 4 nitrogen and oxygen atoms in total. The number of benzene rings is 2. The highest BCUT2D eigenvalue weighted by atomic mass is 79.9. The van der Waals surface area contributed by atoms with Crippen LogP contribution < -0.4 is 15.4 Å². The topological polar surface area (TPSA) is 50.4 Å². The van der Waals surface area contributed by atoms with E-state index in [1.54, 1.807) is 18.2 Å². The zero-order valence-electron chi connectivity index (χ0n) is 16.6. The van der Waals surface area contributed by atoms with Gasteiger partial charge in [-0.25, -0.2) is 0 Å². The molecule has 0 aliphatic heterocycles. The second-order valence-electron chi connectivity index (χ2n) is 6.84. The maximum absolute atomic E-state index is 12.5. The quantitative estimate of drug-likeness (QED) is 0.364. The monoisotopic (exact) mass is 462 g/mol. The first kappa shape index (κ1) is 22.4. The number of hydrogen-bond donors (Lipinski definition) is 2. The Balaban J connectivity index is 1.90. The number of anilines is 1. The van der Waals surface area contributed by atoms with Gasteiger partial charge in [0, 0.05) is 11.3 Å². The second-order valence-corrected chi connectivity index (χ2v) is 8.10. The molecule has 2 aromatic rings. The van der Waals surface area contributed by atoms with Gasteiger partial charge in [-0.05, 0) is 89.9 Å². The molecule has 28 heavy (non-hydrogen) atoms. The van der Waals surface area contributed by atoms with E-state index in [0.717, 1.165) is 33.5 Å². The average molecular weight is 463 g/mol. The number of carbonyl (C=O) groups is 1. The second kappa shape index (κ2) is 11.2. The Hall–Kier alpha value is -1.92. The molecular formula is C22H27BrN2O2S. The summed E-state index contributed by atoms with van der Waals surface area (Å²) in [4.78, 5) is 12.5. The molecule has 0 atom stereocenters. The van der Waals surface area contributed by atoms with Crippen molar-refractivity contribution in [2.75, 3.05) is 11.9 Å². The summed E-state index contributed by atoms with van der Waals surface area (Å²) >= 11 is 8.75. The van der Waals surface area contributed by atoms with Crippen molar-refractivity contribution in [1.29, 1.82) is 0 Å². The van der Waals surface area contributed by atoms with Crippen LogP contribution in [0.25, 0.3) is 0 Å². The lowest BCUT2D eigenvalue weighted by atomic mass is 10.1. The van der Waals surface area contributed by atoms with E-state index in [0.29, 0.717) is 12.2 Å². The van der Waals surface area contributed by atoms with Crippen molar-refractivity contribution >= 4 is 44.9 Å². The lowest BCUT2D eigenvalue weighted by Gasteiger charge is -2.12. The largest absolute Gasteiger partial charge is 0.492 e. The highest BCUT2D eigenvalue weighted by molar-refractivity contribution is 9.10. The van der Waals surface area contributed by atoms with Crippen molar-refractivity contribution in [2.24, 2.45) is 0 Å². The highest BCUT2D eigenvalue weighted by Gasteiger charge is 2.11. The molecule has 0 unspecified atom stereocenters. The Morgan fingerprint density at radius 1 is 1.07 bits per heavy atom. The molecular weight excluding hydrogens is 436 g/mol. The summed E-state index contributed by atoms with van der Waals surface area (Å²) in [5.41, 5.74) is 3.63. The first-order chi connectivity index (χ1) is 13.4. The van der Waals surface area contributed by atoms with Gasteiger partial charge in [-0.3, -0.25) is 10.1 Å². The fraction of sp³-hybridized carbons (Fsp3) is 0.364. The van der Waals surface area contributed by atoms with E-state index >= 15 is 0 Å². The van der Waals surface area contributed by atoms with E-state index in [1.165, 1.54) is 19.3 Å². The van der Waals surface area contributed by atoms with Crippen molar-refractivity contribution < 1.29 is 9.53 Å². The van der Waals surface area contributed by atoms with Crippen molar-refractivity contribution in [3.8, 4) is 5.75 Å². The van der Waals surface area contributed by atoms with Gasteiger partial charge in [0.1, 0.15) is 5.75 Å². The molecule has 0 aromatic heterocycles. The normalized spacial score (nSPS) is 10.4. The minimum Gasteiger partial charge on any atom is -0.492 e. The molecule has 0 heterocycles. The highest BCUT2D eigenvalue weighted by Crippen LogP contribution is 2.26. The van der Waals surface area contributed by atoms with Crippen LogP contribution in [0.15, 0.2) is 40.9 Å². The van der Waals surface area contributed by atoms with E-state index in [2.05, 4.69) is 39.6 Å². The number of nitrogens with one attached hydrogen (secondary N) is 2. The third-order valence-electron chi connectivity index (χ3n) is 4.16. The van der Waals surface area contributed by atoms with E-state index in [9.17, 15) is 4.79 Å². The SMILES string of the molecule is CCCCCCOc1ccc(C(=O)NC(=S)Nc2cc(C)cc(C)c2)cc1Br. The predicted octanol–water partition coefficient (Wildman–Crippen LogP) is 6.15. The van der Waals surface area contributed by atoms with Gasteiger partial charge in [0.25, 0.3) is 5.91 Å². The molecule has 6 heteroatoms. The fourth-order valence-electron chi connectivity index (χ4n) is 2.85. The summed E-state index contributed by atoms with van der Waals surface area (Å²) in [5, 5.41) is 6.04. The maximum Gasteiger partial charge on any atom is 0.257 e. The Morgan fingerprint density at radius 2 is 1.79 bits per heavy atom. The Morgan fingerprint density at radius 3 is 2.43 bits per heavy atom. The number of unbranched alkanes of at least 4 members (excludes halogenated alkanes) is 3. The summed E-state index contributed by atoms with van der Waals surface area (Å²) in [7, 11) is 0.